The molecule has 1 atom stereocenters. The molecule has 0 aliphatic heterocycles. The number of hydrogen-bond donors (Lipinski definition) is 0. The van der Waals surface area contributed by atoms with Crippen LogP contribution in [-0.4, -0.2) is 37.2 Å². The van der Waals surface area contributed by atoms with E-state index in [1.807, 2.05) is 0 Å². The van der Waals surface area contributed by atoms with Gasteiger partial charge in [0.2, 0.25) is 0 Å². The number of unbranched alkanes of at least 4 members (excludes halogenated alkanes) is 25. The zero-order chi connectivity index (χ0) is 38.0. The van der Waals surface area contributed by atoms with Crippen LogP contribution in [0.2, 0.25) is 0 Å². The van der Waals surface area contributed by atoms with Crippen LogP contribution in [0.25, 0.3) is 0 Å². The summed E-state index contributed by atoms with van der Waals surface area (Å²) in [6, 6.07) is 0. The minimum atomic E-state index is -0.771. The van der Waals surface area contributed by atoms with Gasteiger partial charge in [-0.15, -0.1) is 0 Å². The second kappa shape index (κ2) is 41.6. The van der Waals surface area contributed by atoms with Gasteiger partial charge in [0.25, 0.3) is 0 Å². The average Bonchev–Trinajstić information content (AvgIpc) is 3.14. The molecular weight excluding hydrogens is 648 g/mol. The second-order valence-corrected chi connectivity index (χ2v) is 15.0. The maximum atomic E-state index is 12.7. The lowest BCUT2D eigenvalue weighted by molar-refractivity contribution is -0.167. The fraction of sp³-hybridized carbons (Fsp3) is 0.848. The summed E-state index contributed by atoms with van der Waals surface area (Å²) in [6.07, 6.45) is 44.4. The van der Waals surface area contributed by atoms with Crippen molar-refractivity contribution in [2.75, 3.05) is 13.2 Å². The molecule has 0 aromatic rings. The van der Waals surface area contributed by atoms with Crippen molar-refractivity contribution in [2.45, 2.75) is 239 Å². The summed E-state index contributed by atoms with van der Waals surface area (Å²) in [5, 5.41) is 0. The Balaban J connectivity index is 4.37. The third-order valence-corrected chi connectivity index (χ3v) is 9.68. The molecule has 0 aliphatic rings. The highest BCUT2D eigenvalue weighted by Crippen LogP contribution is 2.14. The number of ether oxygens (including phenoxy) is 3. The fourth-order valence-electron chi connectivity index (χ4n) is 6.24. The van der Waals surface area contributed by atoms with Gasteiger partial charge in [0.15, 0.2) is 6.10 Å². The Morgan fingerprint density at radius 1 is 0.365 bits per heavy atom. The van der Waals surface area contributed by atoms with E-state index in [0.29, 0.717) is 19.3 Å². The lowest BCUT2D eigenvalue weighted by Gasteiger charge is -2.18. The molecule has 0 spiro atoms. The smallest absolute Gasteiger partial charge is 0.306 e. The minimum absolute atomic E-state index is 0.0748. The number of rotatable bonds is 40. The quantitative estimate of drug-likeness (QED) is 0.0270. The molecule has 0 aromatic carbocycles. The first kappa shape index (κ1) is 49.9. The van der Waals surface area contributed by atoms with Crippen LogP contribution < -0.4 is 0 Å². The maximum Gasteiger partial charge on any atom is 0.306 e. The summed E-state index contributed by atoms with van der Waals surface area (Å²) in [6.45, 7) is 6.55. The zero-order valence-electron chi connectivity index (χ0n) is 34.6. The van der Waals surface area contributed by atoms with Gasteiger partial charge in [-0.3, -0.25) is 14.4 Å². The summed E-state index contributed by atoms with van der Waals surface area (Å²) in [5.74, 6) is -0.893. The van der Waals surface area contributed by atoms with E-state index in [2.05, 4.69) is 45.1 Å². The van der Waals surface area contributed by atoms with Crippen molar-refractivity contribution in [2.24, 2.45) is 0 Å². The first-order valence-electron chi connectivity index (χ1n) is 22.3. The number of esters is 3. The van der Waals surface area contributed by atoms with Gasteiger partial charge < -0.3 is 14.2 Å². The molecule has 0 aliphatic carbocycles. The number of hydrogen-bond acceptors (Lipinski definition) is 6. The SMILES string of the molecule is CCCC/C=C\CCCCCCCC(=O)OC(COC(=O)CCCCCCC/C=C\CCCCCC)COC(=O)CCCCCCCCCCCC. The molecule has 0 amide bonds. The molecule has 0 aromatic heterocycles. The van der Waals surface area contributed by atoms with Crippen molar-refractivity contribution in [3.63, 3.8) is 0 Å². The molecule has 0 radical (unpaired) electrons. The summed E-state index contributed by atoms with van der Waals surface area (Å²) < 4.78 is 16.7. The van der Waals surface area contributed by atoms with Crippen LogP contribution in [0.1, 0.15) is 233 Å². The van der Waals surface area contributed by atoms with Crippen LogP contribution in [0.4, 0.5) is 0 Å². The Morgan fingerprint density at radius 3 is 1.04 bits per heavy atom. The molecule has 0 N–H and O–H groups in total. The van der Waals surface area contributed by atoms with Crippen LogP contribution in [-0.2, 0) is 28.6 Å². The van der Waals surface area contributed by atoms with Crippen molar-refractivity contribution >= 4 is 17.9 Å². The lowest BCUT2D eigenvalue weighted by Crippen LogP contribution is -2.30. The Bertz CT molecular complexity index is 850. The Kier molecular flexibility index (Phi) is 40.0. The highest BCUT2D eigenvalue weighted by molar-refractivity contribution is 5.71. The average molecular weight is 733 g/mol. The molecule has 52 heavy (non-hydrogen) atoms. The van der Waals surface area contributed by atoms with Crippen molar-refractivity contribution in [3.8, 4) is 0 Å². The molecule has 6 heteroatoms. The van der Waals surface area contributed by atoms with Crippen LogP contribution in [0.5, 0.6) is 0 Å². The predicted molar refractivity (Wildman–Crippen MR) is 219 cm³/mol. The van der Waals surface area contributed by atoms with E-state index in [0.717, 1.165) is 77.0 Å². The number of carbonyl (C=O) groups is 3. The van der Waals surface area contributed by atoms with Crippen LogP contribution in [0.3, 0.4) is 0 Å². The summed E-state index contributed by atoms with van der Waals surface area (Å²) in [4.78, 5) is 37.6. The van der Waals surface area contributed by atoms with Gasteiger partial charge in [0.1, 0.15) is 13.2 Å². The molecule has 6 nitrogen and oxygen atoms in total. The molecule has 0 bridgehead atoms. The third-order valence-electron chi connectivity index (χ3n) is 9.68. The highest BCUT2D eigenvalue weighted by atomic mass is 16.6. The number of carbonyl (C=O) groups excluding carboxylic acids is 3. The molecule has 0 rings (SSSR count). The first-order valence-corrected chi connectivity index (χ1v) is 22.3. The summed E-state index contributed by atoms with van der Waals surface area (Å²) in [5.41, 5.74) is 0. The van der Waals surface area contributed by atoms with Gasteiger partial charge in [-0.2, -0.15) is 0 Å². The van der Waals surface area contributed by atoms with Gasteiger partial charge in [0.05, 0.1) is 0 Å². The fourth-order valence-corrected chi connectivity index (χ4v) is 6.24. The molecular formula is C46H84O6. The first-order chi connectivity index (χ1) is 25.5. The summed E-state index contributed by atoms with van der Waals surface area (Å²) in [7, 11) is 0. The molecule has 0 saturated carbocycles. The maximum absolute atomic E-state index is 12.7. The third kappa shape index (κ3) is 39.1. The molecule has 0 heterocycles. The normalized spacial score (nSPS) is 12.1. The van der Waals surface area contributed by atoms with E-state index in [1.165, 1.54) is 116 Å². The van der Waals surface area contributed by atoms with Gasteiger partial charge >= 0.3 is 17.9 Å². The van der Waals surface area contributed by atoms with E-state index in [9.17, 15) is 14.4 Å². The molecule has 304 valence electrons. The van der Waals surface area contributed by atoms with Crippen LogP contribution in [0.15, 0.2) is 24.3 Å². The second-order valence-electron chi connectivity index (χ2n) is 15.0. The van der Waals surface area contributed by atoms with Gasteiger partial charge in [-0.1, -0.05) is 173 Å². The van der Waals surface area contributed by atoms with Crippen molar-refractivity contribution in [1.82, 2.24) is 0 Å². The predicted octanol–water partition coefficient (Wildman–Crippen LogP) is 14.0. The van der Waals surface area contributed by atoms with E-state index < -0.39 is 6.10 Å². The van der Waals surface area contributed by atoms with Crippen molar-refractivity contribution in [3.05, 3.63) is 24.3 Å². The Hall–Kier alpha value is -2.11. The van der Waals surface area contributed by atoms with E-state index in [-0.39, 0.29) is 31.1 Å². The number of allylic oxidation sites excluding steroid dienone is 4. The van der Waals surface area contributed by atoms with E-state index in [4.69, 9.17) is 14.2 Å². The van der Waals surface area contributed by atoms with Gasteiger partial charge in [-0.05, 0) is 64.2 Å². The van der Waals surface area contributed by atoms with E-state index >= 15 is 0 Å². The highest BCUT2D eigenvalue weighted by Gasteiger charge is 2.19. The van der Waals surface area contributed by atoms with Gasteiger partial charge in [0, 0.05) is 19.3 Å². The van der Waals surface area contributed by atoms with Crippen molar-refractivity contribution < 1.29 is 28.6 Å². The minimum Gasteiger partial charge on any atom is -0.462 e. The Labute approximate surface area is 322 Å². The monoisotopic (exact) mass is 733 g/mol. The lowest BCUT2D eigenvalue weighted by atomic mass is 10.1. The van der Waals surface area contributed by atoms with Crippen LogP contribution in [0, 0.1) is 0 Å². The Morgan fingerprint density at radius 2 is 0.654 bits per heavy atom. The summed E-state index contributed by atoms with van der Waals surface area (Å²) >= 11 is 0. The van der Waals surface area contributed by atoms with Crippen molar-refractivity contribution in [1.29, 1.82) is 0 Å². The zero-order valence-corrected chi connectivity index (χ0v) is 34.6. The van der Waals surface area contributed by atoms with Crippen LogP contribution >= 0.6 is 0 Å². The topological polar surface area (TPSA) is 78.9 Å². The van der Waals surface area contributed by atoms with E-state index in [1.54, 1.807) is 0 Å². The largest absolute Gasteiger partial charge is 0.462 e. The van der Waals surface area contributed by atoms with Gasteiger partial charge in [-0.25, -0.2) is 0 Å². The standard InChI is InChI=1S/C46H84O6/c1-4-7-10-13-16-19-22-23-25-27-30-33-36-39-45(48)51-42-43(41-50-44(47)38-35-32-29-26-21-18-15-12-9-6-3)52-46(49)40-37-34-31-28-24-20-17-14-11-8-5-2/h14,17,19,22,43H,4-13,15-16,18,20-21,23-42H2,1-3H3/b17-14-,22-19-. The molecule has 0 fully saturated rings. The molecule has 1 unspecified atom stereocenters. The molecule has 0 saturated heterocycles.